The van der Waals surface area contributed by atoms with Crippen molar-refractivity contribution in [2.45, 2.75) is 0 Å². The molecule has 0 spiro atoms. The highest BCUT2D eigenvalue weighted by molar-refractivity contribution is 7.92. The van der Waals surface area contributed by atoms with E-state index in [1.54, 1.807) is 47.6 Å². The number of anilines is 2. The van der Waals surface area contributed by atoms with Crippen LogP contribution in [-0.4, -0.2) is 59.7 Å². The molecular weight excluding hydrogens is 426 g/mol. The lowest BCUT2D eigenvalue weighted by atomic mass is 10.1. The van der Waals surface area contributed by atoms with E-state index in [0.717, 1.165) is 5.56 Å². The lowest BCUT2D eigenvalue weighted by Gasteiger charge is -2.33. The molecule has 4 rings (SSSR count). The van der Waals surface area contributed by atoms with Gasteiger partial charge in [-0.1, -0.05) is 36.4 Å². The molecule has 1 fully saturated rings. The number of hydrogen-bond donors (Lipinski definition) is 1. The van der Waals surface area contributed by atoms with Crippen molar-refractivity contribution in [3.05, 3.63) is 89.6 Å². The number of carbonyl (C=O) groups excluding carboxylic acids is 1. The van der Waals surface area contributed by atoms with E-state index in [1.165, 1.54) is 9.71 Å². The molecule has 2 heterocycles. The van der Waals surface area contributed by atoms with Crippen molar-refractivity contribution in [1.82, 2.24) is 19.2 Å². The van der Waals surface area contributed by atoms with E-state index in [9.17, 15) is 13.2 Å². The van der Waals surface area contributed by atoms with Gasteiger partial charge in [-0.15, -0.1) is 0 Å². The first-order chi connectivity index (χ1) is 15.5. The minimum Gasteiger partial charge on any atom is -0.336 e. The Kier molecular flexibility index (Phi) is 6.58. The zero-order valence-electron chi connectivity index (χ0n) is 17.3. The van der Waals surface area contributed by atoms with Crippen LogP contribution < -0.4 is 5.32 Å². The molecule has 8 nitrogen and oxygen atoms in total. The molecule has 1 aliphatic heterocycles. The molecule has 164 valence electrons. The van der Waals surface area contributed by atoms with Crippen LogP contribution in [0.1, 0.15) is 15.9 Å². The van der Waals surface area contributed by atoms with E-state index in [-0.39, 0.29) is 19.0 Å². The molecule has 0 aliphatic carbocycles. The van der Waals surface area contributed by atoms with Crippen molar-refractivity contribution < 1.29 is 13.2 Å². The van der Waals surface area contributed by atoms with Crippen LogP contribution in [0.5, 0.6) is 0 Å². The number of amides is 1. The molecule has 1 aliphatic rings. The molecule has 0 radical (unpaired) electrons. The maximum absolute atomic E-state index is 13.0. The summed E-state index contributed by atoms with van der Waals surface area (Å²) in [6.45, 7) is 1.17. The number of hydrogen-bond acceptors (Lipinski definition) is 6. The van der Waals surface area contributed by atoms with Crippen molar-refractivity contribution in [2.75, 3.05) is 31.5 Å². The summed E-state index contributed by atoms with van der Waals surface area (Å²) in [7, 11) is -3.55. The van der Waals surface area contributed by atoms with Gasteiger partial charge in [-0.25, -0.2) is 18.4 Å². The molecular formula is C23H23N5O3S. The Bertz CT molecular complexity index is 1190. The van der Waals surface area contributed by atoms with E-state index in [2.05, 4.69) is 15.3 Å². The van der Waals surface area contributed by atoms with Crippen LogP contribution in [0, 0.1) is 0 Å². The SMILES string of the molecule is O=C(c1cccc(Nc2ncccn2)c1)N1CCN(S(=O)(=O)/C=C/c2ccccc2)CC1. The first-order valence-corrected chi connectivity index (χ1v) is 11.7. The zero-order valence-corrected chi connectivity index (χ0v) is 18.1. The zero-order chi connectivity index (χ0) is 22.4. The number of benzene rings is 2. The van der Waals surface area contributed by atoms with Crippen LogP contribution in [0.2, 0.25) is 0 Å². The summed E-state index contributed by atoms with van der Waals surface area (Å²) >= 11 is 0. The molecule has 1 saturated heterocycles. The van der Waals surface area contributed by atoms with Gasteiger partial charge in [-0.3, -0.25) is 4.79 Å². The van der Waals surface area contributed by atoms with Gasteiger partial charge in [0.1, 0.15) is 0 Å². The molecule has 0 saturated carbocycles. The highest BCUT2D eigenvalue weighted by Crippen LogP contribution is 2.18. The van der Waals surface area contributed by atoms with Crippen molar-refractivity contribution >= 4 is 33.6 Å². The third-order valence-electron chi connectivity index (χ3n) is 5.05. The molecule has 0 bridgehead atoms. The van der Waals surface area contributed by atoms with Gasteiger partial charge in [0, 0.05) is 55.2 Å². The van der Waals surface area contributed by atoms with Gasteiger partial charge in [0.05, 0.1) is 0 Å². The fourth-order valence-corrected chi connectivity index (χ4v) is 4.54. The molecule has 2 aromatic carbocycles. The molecule has 1 aromatic heterocycles. The van der Waals surface area contributed by atoms with E-state index in [1.807, 2.05) is 36.4 Å². The summed E-state index contributed by atoms with van der Waals surface area (Å²) in [5, 5.41) is 4.29. The van der Waals surface area contributed by atoms with Crippen LogP contribution in [0.15, 0.2) is 78.5 Å². The van der Waals surface area contributed by atoms with Crippen LogP contribution in [0.4, 0.5) is 11.6 Å². The summed E-state index contributed by atoms with van der Waals surface area (Å²) in [6, 6.07) is 18.1. The Morgan fingerprint density at radius 3 is 2.34 bits per heavy atom. The lowest BCUT2D eigenvalue weighted by Crippen LogP contribution is -2.50. The second-order valence-corrected chi connectivity index (χ2v) is 9.05. The molecule has 1 amide bonds. The van der Waals surface area contributed by atoms with Gasteiger partial charge in [0.15, 0.2) is 0 Å². The number of nitrogens with one attached hydrogen (secondary N) is 1. The third-order valence-corrected chi connectivity index (χ3v) is 6.61. The molecule has 32 heavy (non-hydrogen) atoms. The number of nitrogens with zero attached hydrogens (tertiary/aromatic N) is 4. The first kappa shape index (κ1) is 21.7. The Hall–Kier alpha value is -3.56. The smallest absolute Gasteiger partial charge is 0.254 e. The molecule has 3 aromatic rings. The lowest BCUT2D eigenvalue weighted by molar-refractivity contribution is 0.0698. The Labute approximate surface area is 187 Å². The van der Waals surface area contributed by atoms with Gasteiger partial charge < -0.3 is 10.2 Å². The number of piperazine rings is 1. The Morgan fingerprint density at radius 2 is 1.62 bits per heavy atom. The first-order valence-electron chi connectivity index (χ1n) is 10.2. The molecule has 1 N–H and O–H groups in total. The summed E-state index contributed by atoms with van der Waals surface area (Å²) in [5.41, 5.74) is 2.04. The maximum Gasteiger partial charge on any atom is 0.254 e. The fraction of sp³-hybridized carbons (Fsp3) is 0.174. The summed E-state index contributed by atoms with van der Waals surface area (Å²) < 4.78 is 26.7. The quantitative estimate of drug-likeness (QED) is 0.622. The highest BCUT2D eigenvalue weighted by atomic mass is 32.2. The van der Waals surface area contributed by atoms with E-state index < -0.39 is 10.0 Å². The van der Waals surface area contributed by atoms with Gasteiger partial charge in [-0.2, -0.15) is 4.31 Å². The van der Waals surface area contributed by atoms with Crippen LogP contribution in [-0.2, 0) is 10.0 Å². The monoisotopic (exact) mass is 449 g/mol. The van der Waals surface area contributed by atoms with Crippen LogP contribution in [0.3, 0.4) is 0 Å². The number of rotatable bonds is 6. The Balaban J connectivity index is 1.37. The van der Waals surface area contributed by atoms with Crippen molar-refractivity contribution in [3.8, 4) is 0 Å². The highest BCUT2D eigenvalue weighted by Gasteiger charge is 2.27. The maximum atomic E-state index is 13.0. The molecule has 9 heteroatoms. The van der Waals surface area contributed by atoms with Crippen molar-refractivity contribution in [3.63, 3.8) is 0 Å². The standard InChI is InChI=1S/C23H23N5O3S/c29-22(20-8-4-9-21(18-20)26-23-24-11-5-12-25-23)27-13-15-28(16-14-27)32(30,31)17-10-19-6-2-1-3-7-19/h1-12,17-18H,13-16H2,(H,24,25,26)/b17-10+. The second-order valence-electron chi connectivity index (χ2n) is 7.23. The predicted molar refractivity (Wildman–Crippen MR) is 124 cm³/mol. The average Bonchev–Trinajstić information content (AvgIpc) is 2.84. The van der Waals surface area contributed by atoms with E-state index >= 15 is 0 Å². The Morgan fingerprint density at radius 1 is 0.906 bits per heavy atom. The molecule has 0 atom stereocenters. The number of sulfonamides is 1. The summed E-state index contributed by atoms with van der Waals surface area (Å²) in [6.07, 6.45) is 4.85. The van der Waals surface area contributed by atoms with Gasteiger partial charge in [0.25, 0.3) is 5.91 Å². The molecule has 0 unspecified atom stereocenters. The largest absolute Gasteiger partial charge is 0.336 e. The van der Waals surface area contributed by atoms with Crippen molar-refractivity contribution in [2.24, 2.45) is 0 Å². The van der Waals surface area contributed by atoms with Gasteiger partial charge in [-0.05, 0) is 35.9 Å². The van der Waals surface area contributed by atoms with Crippen LogP contribution in [0.25, 0.3) is 6.08 Å². The van der Waals surface area contributed by atoms with Crippen LogP contribution >= 0.6 is 0 Å². The summed E-state index contributed by atoms with van der Waals surface area (Å²) in [4.78, 5) is 22.9. The normalized spacial score (nSPS) is 15.1. The minimum absolute atomic E-state index is 0.139. The number of carbonyl (C=O) groups is 1. The summed E-state index contributed by atoms with van der Waals surface area (Å²) in [5.74, 6) is 0.305. The van der Waals surface area contributed by atoms with E-state index in [4.69, 9.17) is 0 Å². The topological polar surface area (TPSA) is 95.5 Å². The van der Waals surface area contributed by atoms with Crippen molar-refractivity contribution in [1.29, 1.82) is 0 Å². The van der Waals surface area contributed by atoms with Gasteiger partial charge in [0.2, 0.25) is 16.0 Å². The van der Waals surface area contributed by atoms with Gasteiger partial charge >= 0.3 is 0 Å². The fourth-order valence-electron chi connectivity index (χ4n) is 3.37. The predicted octanol–water partition coefficient (Wildman–Crippen LogP) is 2.98. The minimum atomic E-state index is -3.55. The third kappa shape index (κ3) is 5.37. The van der Waals surface area contributed by atoms with E-state index in [0.29, 0.717) is 30.3 Å². The second kappa shape index (κ2) is 9.71. The average molecular weight is 450 g/mol. The number of aromatic nitrogens is 2.